The van der Waals surface area contributed by atoms with Gasteiger partial charge in [0.2, 0.25) is 0 Å². The minimum Gasteiger partial charge on any atom is -0.497 e. The Hall–Kier alpha value is -2.50. The van der Waals surface area contributed by atoms with E-state index < -0.39 is 23.3 Å². The third kappa shape index (κ3) is 2.74. The second-order valence-electron chi connectivity index (χ2n) is 3.99. The number of allylic oxidation sites excluding steroid dienone is 2. The molecular weight excluding hydrogens is 268 g/mol. The van der Waals surface area contributed by atoms with Crippen molar-refractivity contribution in [1.29, 1.82) is 0 Å². The van der Waals surface area contributed by atoms with Crippen LogP contribution in [-0.2, 0) is 4.79 Å². The highest BCUT2D eigenvalue weighted by Gasteiger charge is 2.20. The topological polar surface area (TPSA) is 58.9 Å². The van der Waals surface area contributed by atoms with Crippen LogP contribution in [0.2, 0.25) is 0 Å². The molecule has 1 aromatic carbocycles. The lowest BCUT2D eigenvalue weighted by Gasteiger charge is -2.07. The summed E-state index contributed by atoms with van der Waals surface area (Å²) < 4.78 is 32.3. The van der Waals surface area contributed by atoms with Gasteiger partial charge in [0.05, 0.1) is 12.8 Å². The molecule has 1 aliphatic rings. The van der Waals surface area contributed by atoms with E-state index in [1.807, 2.05) is 0 Å². The van der Waals surface area contributed by atoms with Gasteiger partial charge < -0.3 is 9.84 Å². The van der Waals surface area contributed by atoms with E-state index in [2.05, 4.69) is 4.99 Å². The summed E-state index contributed by atoms with van der Waals surface area (Å²) in [6, 6.07) is 3.99. The molecule has 104 valence electrons. The maximum atomic E-state index is 13.8. The van der Waals surface area contributed by atoms with Gasteiger partial charge in [-0.1, -0.05) is 6.08 Å². The van der Waals surface area contributed by atoms with Crippen molar-refractivity contribution in [3.8, 4) is 5.75 Å². The Labute approximate surface area is 113 Å². The smallest absolute Gasteiger partial charge is 0.357 e. The number of carboxylic acids is 1. The lowest BCUT2D eigenvalue weighted by atomic mass is 10.1. The van der Waals surface area contributed by atoms with E-state index in [0.29, 0.717) is 5.75 Å². The minimum atomic E-state index is -1.50. The van der Waals surface area contributed by atoms with Gasteiger partial charge in [-0.05, 0) is 30.7 Å². The van der Waals surface area contributed by atoms with E-state index in [4.69, 9.17) is 9.84 Å². The first-order valence-electron chi connectivity index (χ1n) is 5.75. The van der Waals surface area contributed by atoms with E-state index in [1.54, 1.807) is 0 Å². The number of benzene rings is 1. The molecule has 1 aromatic rings. The van der Waals surface area contributed by atoms with Gasteiger partial charge in [0.25, 0.3) is 0 Å². The van der Waals surface area contributed by atoms with Gasteiger partial charge in [-0.2, -0.15) is 0 Å². The number of rotatable bonds is 3. The van der Waals surface area contributed by atoms with Gasteiger partial charge in [-0.15, -0.1) is 0 Å². The third-order valence-corrected chi connectivity index (χ3v) is 2.72. The zero-order valence-corrected chi connectivity index (χ0v) is 10.6. The zero-order chi connectivity index (χ0) is 14.7. The van der Waals surface area contributed by atoms with Crippen LogP contribution >= 0.6 is 0 Å². The van der Waals surface area contributed by atoms with Crippen LogP contribution in [0.4, 0.5) is 8.78 Å². The monoisotopic (exact) mass is 279 g/mol. The Morgan fingerprint density at radius 1 is 1.35 bits per heavy atom. The fourth-order valence-corrected chi connectivity index (χ4v) is 1.74. The van der Waals surface area contributed by atoms with Crippen LogP contribution in [0.5, 0.6) is 5.75 Å². The molecule has 20 heavy (non-hydrogen) atoms. The molecule has 0 atom stereocenters. The SMILES string of the molecule is COc1ccc(F)c(C2=CCC=C(F)C(C(=O)O)=N2)c1. The fraction of sp³-hybridized carbons (Fsp3) is 0.143. The van der Waals surface area contributed by atoms with Crippen molar-refractivity contribution in [3.05, 3.63) is 47.6 Å². The summed E-state index contributed by atoms with van der Waals surface area (Å²) in [5.74, 6) is -2.64. The fourth-order valence-electron chi connectivity index (χ4n) is 1.74. The normalized spacial score (nSPS) is 14.8. The van der Waals surface area contributed by atoms with Crippen molar-refractivity contribution in [1.82, 2.24) is 0 Å². The number of methoxy groups -OCH3 is 1. The van der Waals surface area contributed by atoms with Crippen molar-refractivity contribution in [2.24, 2.45) is 4.99 Å². The molecule has 2 rings (SSSR count). The Morgan fingerprint density at radius 3 is 2.75 bits per heavy atom. The number of carbonyl (C=O) groups is 1. The van der Waals surface area contributed by atoms with Gasteiger partial charge >= 0.3 is 5.97 Å². The lowest BCUT2D eigenvalue weighted by molar-refractivity contribution is -0.129. The third-order valence-electron chi connectivity index (χ3n) is 2.72. The standard InChI is InChI=1S/C14H11F2NO3/c1-20-8-5-6-10(15)9(7-8)12-4-2-3-11(16)13(17-12)14(18)19/h3-7H,2H2,1H3,(H,18,19). The predicted molar refractivity (Wildman–Crippen MR) is 69.8 cm³/mol. The van der Waals surface area contributed by atoms with E-state index >= 15 is 0 Å². The van der Waals surface area contributed by atoms with Crippen LogP contribution < -0.4 is 4.74 Å². The van der Waals surface area contributed by atoms with Crippen LogP contribution in [0, 0.1) is 5.82 Å². The highest BCUT2D eigenvalue weighted by atomic mass is 19.1. The Kier molecular flexibility index (Phi) is 3.93. The maximum absolute atomic E-state index is 13.8. The number of hydrogen-bond acceptors (Lipinski definition) is 3. The number of aliphatic imine (C=N–C) groups is 1. The molecule has 0 aromatic heterocycles. The summed E-state index contributed by atoms with van der Waals surface area (Å²) in [4.78, 5) is 14.6. The minimum absolute atomic E-state index is 0.0581. The average Bonchev–Trinajstić information content (AvgIpc) is 2.61. The number of halogens is 2. The van der Waals surface area contributed by atoms with Crippen molar-refractivity contribution in [2.75, 3.05) is 7.11 Å². The quantitative estimate of drug-likeness (QED) is 0.925. The van der Waals surface area contributed by atoms with E-state index in [-0.39, 0.29) is 17.7 Å². The second kappa shape index (κ2) is 5.64. The van der Waals surface area contributed by atoms with Crippen molar-refractivity contribution in [3.63, 3.8) is 0 Å². The number of ether oxygens (including phenoxy) is 1. The molecule has 4 nitrogen and oxygen atoms in total. The molecule has 1 aliphatic heterocycles. The predicted octanol–water partition coefficient (Wildman–Crippen LogP) is 2.96. The molecule has 0 amide bonds. The summed E-state index contributed by atoms with van der Waals surface area (Å²) in [7, 11) is 1.42. The van der Waals surface area contributed by atoms with Gasteiger partial charge in [0.15, 0.2) is 11.5 Å². The lowest BCUT2D eigenvalue weighted by Crippen LogP contribution is -2.13. The Morgan fingerprint density at radius 2 is 2.10 bits per heavy atom. The highest BCUT2D eigenvalue weighted by Crippen LogP contribution is 2.27. The van der Waals surface area contributed by atoms with Crippen LogP contribution in [0.3, 0.4) is 0 Å². The summed E-state index contributed by atoms with van der Waals surface area (Å²) in [5, 5.41) is 8.91. The van der Waals surface area contributed by atoms with Crippen molar-refractivity contribution in [2.45, 2.75) is 6.42 Å². The molecule has 0 saturated heterocycles. The molecule has 6 heteroatoms. The summed E-state index contributed by atoms with van der Waals surface area (Å²) >= 11 is 0. The number of carboxylic acid groups (broad SMARTS) is 1. The summed E-state index contributed by atoms with van der Waals surface area (Å²) in [5.41, 5.74) is -0.620. The number of aliphatic carboxylic acids is 1. The molecule has 0 saturated carbocycles. The van der Waals surface area contributed by atoms with Gasteiger partial charge in [-0.25, -0.2) is 18.6 Å². The van der Waals surface area contributed by atoms with Gasteiger partial charge in [-0.3, -0.25) is 0 Å². The molecule has 0 radical (unpaired) electrons. The maximum Gasteiger partial charge on any atom is 0.357 e. The molecular formula is C14H11F2NO3. The first-order valence-corrected chi connectivity index (χ1v) is 5.75. The van der Waals surface area contributed by atoms with Crippen LogP contribution in [0.1, 0.15) is 12.0 Å². The molecule has 0 unspecified atom stereocenters. The van der Waals surface area contributed by atoms with Crippen LogP contribution in [-0.4, -0.2) is 23.9 Å². The van der Waals surface area contributed by atoms with E-state index in [1.165, 1.54) is 31.4 Å². The molecule has 1 heterocycles. The van der Waals surface area contributed by atoms with Crippen molar-refractivity contribution >= 4 is 17.4 Å². The first-order chi connectivity index (χ1) is 9.52. The summed E-state index contributed by atoms with van der Waals surface area (Å²) in [6.07, 6.45) is 2.66. The molecule has 0 spiro atoms. The Bertz CT molecular complexity index is 648. The average molecular weight is 279 g/mol. The largest absolute Gasteiger partial charge is 0.497 e. The number of nitrogens with zero attached hydrogens (tertiary/aromatic N) is 1. The Balaban J connectivity index is 2.52. The molecule has 0 fully saturated rings. The van der Waals surface area contributed by atoms with Crippen LogP contribution in [0.25, 0.3) is 5.70 Å². The van der Waals surface area contributed by atoms with Crippen LogP contribution in [0.15, 0.2) is 41.2 Å². The van der Waals surface area contributed by atoms with Crippen molar-refractivity contribution < 1.29 is 23.4 Å². The van der Waals surface area contributed by atoms with Gasteiger partial charge in [0.1, 0.15) is 11.6 Å². The highest BCUT2D eigenvalue weighted by molar-refractivity contribution is 6.42. The summed E-state index contributed by atoms with van der Waals surface area (Å²) in [6.45, 7) is 0. The zero-order valence-electron chi connectivity index (χ0n) is 10.6. The second-order valence-corrected chi connectivity index (χ2v) is 3.99. The molecule has 0 bridgehead atoms. The van der Waals surface area contributed by atoms with Gasteiger partial charge in [0, 0.05) is 5.56 Å². The first kappa shape index (κ1) is 13.9. The molecule has 1 N–H and O–H groups in total. The molecule has 0 aliphatic carbocycles. The van der Waals surface area contributed by atoms with E-state index in [0.717, 1.165) is 6.08 Å². The number of hydrogen-bond donors (Lipinski definition) is 1. The van der Waals surface area contributed by atoms with E-state index in [9.17, 15) is 13.6 Å².